The second-order valence-corrected chi connectivity index (χ2v) is 5.00. The van der Waals surface area contributed by atoms with Crippen LogP contribution in [-0.4, -0.2) is 37.6 Å². The Labute approximate surface area is 82.7 Å². The van der Waals surface area contributed by atoms with Gasteiger partial charge in [0.2, 0.25) is 0 Å². The van der Waals surface area contributed by atoms with Gasteiger partial charge in [-0.25, -0.2) is 0 Å². The normalized spacial score (nSPS) is 20.8. The van der Waals surface area contributed by atoms with Crippen molar-refractivity contribution in [1.82, 2.24) is 10.2 Å². The number of hydrogen-bond acceptors (Lipinski definition) is 2. The lowest BCUT2D eigenvalue weighted by molar-refractivity contribution is 0.0595. The molecule has 2 nitrogen and oxygen atoms in total. The molecule has 0 saturated heterocycles. The first-order valence-electron chi connectivity index (χ1n) is 5.45. The largest absolute Gasteiger partial charge is 0.315 e. The topological polar surface area (TPSA) is 15.3 Å². The second kappa shape index (κ2) is 4.43. The summed E-state index contributed by atoms with van der Waals surface area (Å²) in [4.78, 5) is 2.39. The van der Waals surface area contributed by atoms with Crippen LogP contribution in [0.15, 0.2) is 0 Å². The van der Waals surface area contributed by atoms with E-state index in [0.717, 1.165) is 19.0 Å². The van der Waals surface area contributed by atoms with E-state index in [4.69, 9.17) is 0 Å². The zero-order chi connectivity index (χ0) is 9.90. The molecule has 0 aromatic carbocycles. The van der Waals surface area contributed by atoms with Gasteiger partial charge in [0.05, 0.1) is 0 Å². The molecule has 1 aliphatic rings. The molecule has 0 aromatic heterocycles. The SMILES string of the molecule is CC(C)CNCC1(N(C)C)CCC1. The molecule has 0 bridgehead atoms. The van der Waals surface area contributed by atoms with Gasteiger partial charge in [0.1, 0.15) is 0 Å². The van der Waals surface area contributed by atoms with Gasteiger partial charge in [-0.2, -0.15) is 0 Å². The van der Waals surface area contributed by atoms with Gasteiger partial charge in [0.25, 0.3) is 0 Å². The summed E-state index contributed by atoms with van der Waals surface area (Å²) < 4.78 is 0. The molecular formula is C11H24N2. The maximum atomic E-state index is 3.57. The Morgan fingerprint density at radius 3 is 2.23 bits per heavy atom. The van der Waals surface area contributed by atoms with Gasteiger partial charge in [-0.1, -0.05) is 13.8 Å². The summed E-state index contributed by atoms with van der Waals surface area (Å²) in [5, 5.41) is 3.57. The summed E-state index contributed by atoms with van der Waals surface area (Å²) in [6.07, 6.45) is 4.14. The van der Waals surface area contributed by atoms with Crippen molar-refractivity contribution in [2.24, 2.45) is 5.92 Å². The lowest BCUT2D eigenvalue weighted by Crippen LogP contribution is -2.56. The van der Waals surface area contributed by atoms with Gasteiger partial charge in [0.15, 0.2) is 0 Å². The Hall–Kier alpha value is -0.0800. The minimum Gasteiger partial charge on any atom is -0.315 e. The quantitative estimate of drug-likeness (QED) is 0.700. The van der Waals surface area contributed by atoms with E-state index in [1.165, 1.54) is 19.3 Å². The summed E-state index contributed by atoms with van der Waals surface area (Å²) in [6.45, 7) is 6.83. The van der Waals surface area contributed by atoms with E-state index in [2.05, 4.69) is 38.2 Å². The van der Waals surface area contributed by atoms with Gasteiger partial charge in [-0.05, 0) is 45.8 Å². The van der Waals surface area contributed by atoms with E-state index in [1.54, 1.807) is 0 Å². The number of nitrogens with zero attached hydrogens (tertiary/aromatic N) is 1. The van der Waals surface area contributed by atoms with Crippen LogP contribution in [0.3, 0.4) is 0 Å². The van der Waals surface area contributed by atoms with Crippen molar-refractivity contribution in [3.8, 4) is 0 Å². The summed E-state index contributed by atoms with van der Waals surface area (Å²) in [5.74, 6) is 0.763. The van der Waals surface area contributed by atoms with Gasteiger partial charge in [0, 0.05) is 12.1 Å². The van der Waals surface area contributed by atoms with Crippen LogP contribution in [-0.2, 0) is 0 Å². The van der Waals surface area contributed by atoms with Crippen molar-refractivity contribution in [2.75, 3.05) is 27.2 Å². The van der Waals surface area contributed by atoms with Crippen LogP contribution in [0, 0.1) is 5.92 Å². The first kappa shape index (κ1) is 11.0. The molecule has 0 amide bonds. The molecule has 0 spiro atoms. The molecule has 0 unspecified atom stereocenters. The predicted molar refractivity (Wildman–Crippen MR) is 58.0 cm³/mol. The zero-order valence-electron chi connectivity index (χ0n) is 9.56. The van der Waals surface area contributed by atoms with Crippen LogP contribution in [0.2, 0.25) is 0 Å². The molecule has 1 aliphatic carbocycles. The summed E-state index contributed by atoms with van der Waals surface area (Å²) in [5.41, 5.74) is 0.481. The number of likely N-dealkylation sites (N-methyl/N-ethyl adjacent to an activating group) is 1. The van der Waals surface area contributed by atoms with Crippen molar-refractivity contribution in [3.63, 3.8) is 0 Å². The first-order chi connectivity index (χ1) is 6.07. The molecule has 1 rings (SSSR count). The molecular weight excluding hydrogens is 160 g/mol. The van der Waals surface area contributed by atoms with Crippen LogP contribution >= 0.6 is 0 Å². The van der Waals surface area contributed by atoms with E-state index in [-0.39, 0.29) is 0 Å². The highest BCUT2D eigenvalue weighted by Crippen LogP contribution is 2.35. The van der Waals surface area contributed by atoms with Crippen LogP contribution in [0.1, 0.15) is 33.1 Å². The molecule has 0 aliphatic heterocycles. The summed E-state index contributed by atoms with van der Waals surface area (Å²) >= 11 is 0. The van der Waals surface area contributed by atoms with Crippen LogP contribution in [0.4, 0.5) is 0 Å². The van der Waals surface area contributed by atoms with E-state index in [9.17, 15) is 0 Å². The third-order valence-electron chi connectivity index (χ3n) is 3.24. The third-order valence-corrected chi connectivity index (χ3v) is 3.24. The highest BCUT2D eigenvalue weighted by molar-refractivity contribution is 4.97. The molecule has 0 radical (unpaired) electrons. The van der Waals surface area contributed by atoms with Gasteiger partial charge in [-0.15, -0.1) is 0 Å². The van der Waals surface area contributed by atoms with Gasteiger partial charge < -0.3 is 10.2 Å². The van der Waals surface area contributed by atoms with Crippen LogP contribution < -0.4 is 5.32 Å². The van der Waals surface area contributed by atoms with Crippen molar-refractivity contribution < 1.29 is 0 Å². The standard InChI is InChI=1S/C11H24N2/c1-10(2)8-12-9-11(13(3)4)6-5-7-11/h10,12H,5-9H2,1-4H3. The van der Waals surface area contributed by atoms with Gasteiger partial charge >= 0.3 is 0 Å². The number of hydrogen-bond donors (Lipinski definition) is 1. The highest BCUT2D eigenvalue weighted by Gasteiger charge is 2.38. The minimum absolute atomic E-state index is 0.481. The Bertz CT molecular complexity index is 148. The molecule has 1 saturated carbocycles. The second-order valence-electron chi connectivity index (χ2n) is 5.00. The Morgan fingerprint density at radius 1 is 1.31 bits per heavy atom. The Kier molecular flexibility index (Phi) is 3.74. The van der Waals surface area contributed by atoms with Crippen LogP contribution in [0.25, 0.3) is 0 Å². The number of rotatable bonds is 5. The average molecular weight is 184 g/mol. The fourth-order valence-electron chi connectivity index (χ4n) is 1.96. The van der Waals surface area contributed by atoms with Gasteiger partial charge in [-0.3, -0.25) is 0 Å². The smallest absolute Gasteiger partial charge is 0.0327 e. The minimum atomic E-state index is 0.481. The first-order valence-corrected chi connectivity index (χ1v) is 5.45. The molecule has 1 fully saturated rings. The lowest BCUT2D eigenvalue weighted by Gasteiger charge is -2.47. The molecule has 2 heteroatoms. The van der Waals surface area contributed by atoms with E-state index >= 15 is 0 Å². The van der Waals surface area contributed by atoms with Crippen molar-refractivity contribution in [1.29, 1.82) is 0 Å². The molecule has 78 valence electrons. The number of nitrogens with one attached hydrogen (secondary N) is 1. The molecule has 0 atom stereocenters. The fraction of sp³-hybridized carbons (Fsp3) is 1.00. The maximum Gasteiger partial charge on any atom is 0.0327 e. The van der Waals surface area contributed by atoms with Crippen molar-refractivity contribution >= 4 is 0 Å². The van der Waals surface area contributed by atoms with E-state index < -0.39 is 0 Å². The summed E-state index contributed by atoms with van der Waals surface area (Å²) in [6, 6.07) is 0. The van der Waals surface area contributed by atoms with E-state index in [1.807, 2.05) is 0 Å². The molecule has 0 aromatic rings. The third kappa shape index (κ3) is 2.68. The highest BCUT2D eigenvalue weighted by atomic mass is 15.2. The summed E-state index contributed by atoms with van der Waals surface area (Å²) in [7, 11) is 4.41. The van der Waals surface area contributed by atoms with Crippen LogP contribution in [0.5, 0.6) is 0 Å². The van der Waals surface area contributed by atoms with E-state index in [0.29, 0.717) is 5.54 Å². The zero-order valence-corrected chi connectivity index (χ0v) is 9.56. The molecule has 1 N–H and O–H groups in total. The lowest BCUT2D eigenvalue weighted by atomic mass is 9.75. The van der Waals surface area contributed by atoms with Crippen molar-refractivity contribution in [3.05, 3.63) is 0 Å². The predicted octanol–water partition coefficient (Wildman–Crippen LogP) is 1.72. The molecule has 13 heavy (non-hydrogen) atoms. The van der Waals surface area contributed by atoms with Crippen molar-refractivity contribution in [2.45, 2.75) is 38.6 Å². The maximum absolute atomic E-state index is 3.57. The molecule has 0 heterocycles. The average Bonchev–Trinajstić information content (AvgIpc) is 1.93. The Morgan fingerprint density at radius 2 is 1.92 bits per heavy atom. The monoisotopic (exact) mass is 184 g/mol. The fourth-order valence-corrected chi connectivity index (χ4v) is 1.96. The Balaban J connectivity index is 2.24.